The van der Waals surface area contributed by atoms with Crippen molar-refractivity contribution >= 4 is 28.3 Å². The van der Waals surface area contributed by atoms with E-state index in [9.17, 15) is 14.9 Å². The van der Waals surface area contributed by atoms with E-state index in [1.807, 2.05) is 26.0 Å². The van der Waals surface area contributed by atoms with Gasteiger partial charge >= 0.3 is 0 Å². The summed E-state index contributed by atoms with van der Waals surface area (Å²) < 4.78 is 10.5. The van der Waals surface area contributed by atoms with Crippen LogP contribution in [0.15, 0.2) is 41.0 Å². The molecule has 0 bridgehead atoms. The van der Waals surface area contributed by atoms with Crippen LogP contribution in [0.1, 0.15) is 16.7 Å². The number of hydrogen-bond donors (Lipinski definition) is 1. The summed E-state index contributed by atoms with van der Waals surface area (Å²) in [6, 6.07) is 8.22. The number of nitro groups is 1. The molecule has 0 atom stereocenters. The van der Waals surface area contributed by atoms with Gasteiger partial charge in [-0.3, -0.25) is 14.9 Å². The molecule has 0 spiro atoms. The van der Waals surface area contributed by atoms with Crippen molar-refractivity contribution in [1.82, 2.24) is 0 Å². The number of rotatable bonds is 5. The maximum Gasteiger partial charge on any atom is 0.296 e. The summed E-state index contributed by atoms with van der Waals surface area (Å²) in [5.74, 6) is -0.0116. The molecule has 1 N–H and O–H groups in total. The Labute approximate surface area is 149 Å². The van der Waals surface area contributed by atoms with Crippen molar-refractivity contribution in [1.29, 1.82) is 0 Å². The van der Waals surface area contributed by atoms with Crippen molar-refractivity contribution in [3.8, 4) is 5.75 Å². The minimum atomic E-state index is -0.557. The Balaban J connectivity index is 1.85. The van der Waals surface area contributed by atoms with Crippen molar-refractivity contribution in [2.45, 2.75) is 20.3 Å². The second kappa shape index (κ2) is 6.87. The number of furan rings is 1. The van der Waals surface area contributed by atoms with Crippen LogP contribution in [0.4, 0.5) is 11.4 Å². The molecule has 0 aliphatic heterocycles. The number of ether oxygens (including phenoxy) is 1. The topological polar surface area (TPSA) is 94.6 Å². The fourth-order valence-electron chi connectivity index (χ4n) is 3.02. The number of carbonyl (C=O) groups is 1. The molecule has 0 radical (unpaired) electrons. The maximum atomic E-state index is 12.4. The molecule has 7 nitrogen and oxygen atoms in total. The van der Waals surface area contributed by atoms with Crippen LogP contribution in [0, 0.1) is 24.0 Å². The van der Waals surface area contributed by atoms with Gasteiger partial charge in [0.05, 0.1) is 30.8 Å². The molecule has 1 heterocycles. The van der Waals surface area contributed by atoms with Gasteiger partial charge in [0.15, 0.2) is 0 Å². The largest absolute Gasteiger partial charge is 0.496 e. The van der Waals surface area contributed by atoms with Gasteiger partial charge in [-0.2, -0.15) is 0 Å². The summed E-state index contributed by atoms with van der Waals surface area (Å²) in [5.41, 5.74) is 3.47. The van der Waals surface area contributed by atoms with E-state index >= 15 is 0 Å². The lowest BCUT2D eigenvalue weighted by molar-refractivity contribution is -0.384. The quantitative estimate of drug-likeness (QED) is 0.549. The third kappa shape index (κ3) is 3.37. The van der Waals surface area contributed by atoms with Gasteiger partial charge in [0.1, 0.15) is 17.0 Å². The maximum absolute atomic E-state index is 12.4. The average Bonchev–Trinajstić information content (AvgIpc) is 2.97. The van der Waals surface area contributed by atoms with Crippen LogP contribution in [0.5, 0.6) is 5.75 Å². The van der Waals surface area contributed by atoms with Crippen LogP contribution in [-0.2, 0) is 11.2 Å². The highest BCUT2D eigenvalue weighted by atomic mass is 16.6. The summed E-state index contributed by atoms with van der Waals surface area (Å²) in [6.45, 7) is 3.94. The van der Waals surface area contributed by atoms with Crippen molar-refractivity contribution in [3.05, 3.63) is 63.4 Å². The number of aryl methyl sites for hydroxylation is 2. The van der Waals surface area contributed by atoms with Gasteiger partial charge in [0, 0.05) is 10.9 Å². The van der Waals surface area contributed by atoms with E-state index in [4.69, 9.17) is 9.15 Å². The van der Waals surface area contributed by atoms with Crippen LogP contribution in [0.25, 0.3) is 11.0 Å². The standard InChI is InChI=1S/C19H18N2O5/c1-11-6-12(2)19-13(10-26-17(19)7-11)8-18(22)20-15-5-4-14(25-3)9-16(15)21(23)24/h4-7,9-10H,8H2,1-3H3,(H,20,22). The zero-order chi connectivity index (χ0) is 18.8. The molecule has 26 heavy (non-hydrogen) atoms. The fourth-order valence-corrected chi connectivity index (χ4v) is 3.02. The Bertz CT molecular complexity index is 1010. The highest BCUT2D eigenvalue weighted by molar-refractivity contribution is 5.97. The van der Waals surface area contributed by atoms with Gasteiger partial charge in [-0.1, -0.05) is 6.07 Å². The predicted molar refractivity (Wildman–Crippen MR) is 97.7 cm³/mol. The minimum absolute atomic E-state index is 0.0556. The number of nitro benzene ring substituents is 1. The second-order valence-electron chi connectivity index (χ2n) is 6.08. The van der Waals surface area contributed by atoms with E-state index in [0.717, 1.165) is 27.7 Å². The molecule has 1 aromatic heterocycles. The highest BCUT2D eigenvalue weighted by Crippen LogP contribution is 2.30. The number of nitrogens with one attached hydrogen (secondary N) is 1. The Morgan fingerprint density at radius 2 is 2.04 bits per heavy atom. The molecule has 0 saturated carbocycles. The number of methoxy groups -OCH3 is 1. The number of fused-ring (bicyclic) bond motifs is 1. The van der Waals surface area contributed by atoms with E-state index in [1.54, 1.807) is 12.3 Å². The first kappa shape index (κ1) is 17.5. The van der Waals surface area contributed by atoms with Crippen LogP contribution < -0.4 is 10.1 Å². The molecular weight excluding hydrogens is 336 g/mol. The van der Waals surface area contributed by atoms with Gasteiger partial charge < -0.3 is 14.5 Å². The van der Waals surface area contributed by atoms with Crippen LogP contribution >= 0.6 is 0 Å². The lowest BCUT2D eigenvalue weighted by Crippen LogP contribution is -2.15. The summed E-state index contributed by atoms with van der Waals surface area (Å²) in [5, 5.41) is 14.7. The Morgan fingerprint density at radius 3 is 2.73 bits per heavy atom. The molecule has 7 heteroatoms. The molecule has 2 aromatic carbocycles. The lowest BCUT2D eigenvalue weighted by Gasteiger charge is -2.07. The SMILES string of the molecule is COc1ccc(NC(=O)Cc2coc3cc(C)cc(C)c23)c([N+](=O)[O-])c1. The first-order chi connectivity index (χ1) is 12.4. The minimum Gasteiger partial charge on any atom is -0.496 e. The molecule has 0 aliphatic carbocycles. The summed E-state index contributed by atoms with van der Waals surface area (Å²) in [4.78, 5) is 23.1. The first-order valence-corrected chi connectivity index (χ1v) is 7.98. The molecule has 0 aliphatic rings. The number of amides is 1. The Hall–Kier alpha value is -3.35. The van der Waals surface area contributed by atoms with Crippen molar-refractivity contribution in [2.24, 2.45) is 0 Å². The molecule has 0 saturated heterocycles. The highest BCUT2D eigenvalue weighted by Gasteiger charge is 2.19. The van der Waals surface area contributed by atoms with Crippen molar-refractivity contribution in [2.75, 3.05) is 12.4 Å². The van der Waals surface area contributed by atoms with Crippen LogP contribution in [0.3, 0.4) is 0 Å². The van der Waals surface area contributed by atoms with E-state index < -0.39 is 4.92 Å². The lowest BCUT2D eigenvalue weighted by atomic mass is 10.0. The third-order valence-corrected chi connectivity index (χ3v) is 4.12. The van der Waals surface area contributed by atoms with Gasteiger partial charge in [-0.05, 0) is 43.2 Å². The van der Waals surface area contributed by atoms with Gasteiger partial charge in [0.25, 0.3) is 5.69 Å². The van der Waals surface area contributed by atoms with Crippen molar-refractivity contribution in [3.63, 3.8) is 0 Å². The molecule has 0 unspecified atom stereocenters. The fraction of sp³-hybridized carbons (Fsp3) is 0.211. The second-order valence-corrected chi connectivity index (χ2v) is 6.08. The van der Waals surface area contributed by atoms with Crippen LogP contribution in [0.2, 0.25) is 0 Å². The van der Waals surface area contributed by atoms with E-state index in [2.05, 4.69) is 5.32 Å². The van der Waals surface area contributed by atoms with Gasteiger partial charge in [0.2, 0.25) is 5.91 Å². The monoisotopic (exact) mass is 354 g/mol. The van der Waals surface area contributed by atoms with Crippen molar-refractivity contribution < 1.29 is 18.9 Å². The number of carbonyl (C=O) groups excluding carboxylic acids is 1. The van der Waals surface area contributed by atoms with E-state index in [-0.39, 0.29) is 23.7 Å². The number of hydrogen-bond acceptors (Lipinski definition) is 5. The number of anilines is 1. The van der Waals surface area contributed by atoms with E-state index in [0.29, 0.717) is 5.75 Å². The molecule has 3 rings (SSSR count). The average molecular weight is 354 g/mol. The molecular formula is C19H18N2O5. The van der Waals surface area contributed by atoms with Gasteiger partial charge in [-0.25, -0.2) is 0 Å². The first-order valence-electron chi connectivity index (χ1n) is 7.98. The normalized spacial score (nSPS) is 10.7. The molecule has 3 aromatic rings. The summed E-state index contributed by atoms with van der Waals surface area (Å²) >= 11 is 0. The summed E-state index contributed by atoms with van der Waals surface area (Å²) in [6.07, 6.45) is 1.61. The smallest absolute Gasteiger partial charge is 0.296 e. The van der Waals surface area contributed by atoms with Gasteiger partial charge in [-0.15, -0.1) is 0 Å². The number of benzene rings is 2. The molecule has 0 fully saturated rings. The zero-order valence-corrected chi connectivity index (χ0v) is 14.7. The molecule has 1 amide bonds. The zero-order valence-electron chi connectivity index (χ0n) is 14.7. The van der Waals surface area contributed by atoms with E-state index in [1.165, 1.54) is 19.2 Å². The summed E-state index contributed by atoms with van der Waals surface area (Å²) in [7, 11) is 1.42. The molecule has 134 valence electrons. The number of nitrogens with zero attached hydrogens (tertiary/aromatic N) is 1. The predicted octanol–water partition coefficient (Wildman–Crippen LogP) is 4.15. The van der Waals surface area contributed by atoms with Crippen LogP contribution in [-0.4, -0.2) is 17.9 Å². The third-order valence-electron chi connectivity index (χ3n) is 4.12. The Kier molecular flexibility index (Phi) is 4.62. The Morgan fingerprint density at radius 1 is 1.27 bits per heavy atom.